The lowest BCUT2D eigenvalue weighted by molar-refractivity contribution is -0.384. The van der Waals surface area contributed by atoms with Crippen LogP contribution in [0.5, 0.6) is 0 Å². The Kier molecular flexibility index (Phi) is 4.13. The maximum atomic E-state index is 11.2. The highest BCUT2D eigenvalue weighted by atomic mass is 32.1. The number of nitro groups is 1. The third-order valence-electron chi connectivity index (χ3n) is 3.88. The second kappa shape index (κ2) is 6.10. The van der Waals surface area contributed by atoms with Gasteiger partial charge in [-0.15, -0.1) is 0 Å². The molecular weight excluding hydrogens is 326 g/mol. The molecule has 2 aromatic rings. The van der Waals surface area contributed by atoms with E-state index in [-0.39, 0.29) is 12.1 Å². The molecule has 0 bridgehead atoms. The lowest BCUT2D eigenvalue weighted by atomic mass is 9.97. The van der Waals surface area contributed by atoms with E-state index in [0.29, 0.717) is 10.6 Å². The Hall–Kier alpha value is -2.64. The fourth-order valence-corrected chi connectivity index (χ4v) is 3.04. The Balaban J connectivity index is 1.98. The number of hydrazone groups is 1. The van der Waals surface area contributed by atoms with E-state index >= 15 is 0 Å². The van der Waals surface area contributed by atoms with Crippen LogP contribution in [-0.4, -0.2) is 25.7 Å². The third-order valence-corrected chi connectivity index (χ3v) is 4.29. The molecule has 0 amide bonds. The molecule has 1 atom stereocenters. The summed E-state index contributed by atoms with van der Waals surface area (Å²) >= 11 is 5.50. The maximum absolute atomic E-state index is 11.2. The van der Waals surface area contributed by atoms with Crippen molar-refractivity contribution in [3.05, 3.63) is 75.8 Å². The zero-order valence-electron chi connectivity index (χ0n) is 12.9. The van der Waals surface area contributed by atoms with Crippen LogP contribution in [0.3, 0.4) is 0 Å². The summed E-state index contributed by atoms with van der Waals surface area (Å²) in [6, 6.07) is 15.1. The summed E-state index contributed by atoms with van der Waals surface area (Å²) in [5.74, 6) is 0. The Morgan fingerprint density at radius 1 is 1.25 bits per heavy atom. The van der Waals surface area contributed by atoms with Gasteiger partial charge in [-0.2, -0.15) is 5.10 Å². The Labute approximate surface area is 144 Å². The van der Waals surface area contributed by atoms with Crippen LogP contribution in [0.25, 0.3) is 0 Å². The number of rotatable bonds is 3. The molecule has 1 aliphatic heterocycles. The molecule has 0 radical (unpaired) electrons. The smallest absolute Gasteiger partial charge is 0.269 e. The SMILES string of the molecule is CC1=NN(C(=S)c2ccccc2)C(O)(c2ccc([N+](=O)[O-])cc2)C1. The molecule has 2 aromatic carbocycles. The highest BCUT2D eigenvalue weighted by Crippen LogP contribution is 2.37. The number of non-ortho nitro benzene ring substituents is 1. The number of hydrogen-bond donors (Lipinski definition) is 1. The Morgan fingerprint density at radius 2 is 1.88 bits per heavy atom. The molecule has 1 aliphatic rings. The van der Waals surface area contributed by atoms with Gasteiger partial charge >= 0.3 is 0 Å². The Morgan fingerprint density at radius 3 is 2.46 bits per heavy atom. The van der Waals surface area contributed by atoms with Gasteiger partial charge in [0.05, 0.1) is 4.92 Å². The molecule has 3 rings (SSSR count). The lowest BCUT2D eigenvalue weighted by Gasteiger charge is -2.33. The van der Waals surface area contributed by atoms with Crippen molar-refractivity contribution >= 4 is 28.6 Å². The second-order valence-electron chi connectivity index (χ2n) is 5.62. The molecule has 0 aromatic heterocycles. The summed E-state index contributed by atoms with van der Waals surface area (Å²) in [7, 11) is 0. The van der Waals surface area contributed by atoms with E-state index in [9.17, 15) is 15.2 Å². The van der Waals surface area contributed by atoms with Crippen LogP contribution in [0.15, 0.2) is 59.7 Å². The fourth-order valence-electron chi connectivity index (χ4n) is 2.71. The molecule has 1 heterocycles. The number of aliphatic hydroxyl groups is 1. The van der Waals surface area contributed by atoms with Crippen LogP contribution in [0, 0.1) is 10.1 Å². The first-order chi connectivity index (χ1) is 11.4. The first-order valence-electron chi connectivity index (χ1n) is 7.33. The first kappa shape index (κ1) is 16.2. The fraction of sp³-hybridized carbons (Fsp3) is 0.176. The topological polar surface area (TPSA) is 79.0 Å². The van der Waals surface area contributed by atoms with Gasteiger partial charge in [0.2, 0.25) is 0 Å². The monoisotopic (exact) mass is 341 g/mol. The summed E-state index contributed by atoms with van der Waals surface area (Å²) in [6.07, 6.45) is 0.276. The molecule has 0 aliphatic carbocycles. The molecule has 7 heteroatoms. The van der Waals surface area contributed by atoms with Gasteiger partial charge in [-0.1, -0.05) is 42.5 Å². The summed E-state index contributed by atoms with van der Waals surface area (Å²) in [5.41, 5.74) is 0.522. The van der Waals surface area contributed by atoms with Crippen molar-refractivity contribution in [1.82, 2.24) is 5.01 Å². The second-order valence-corrected chi connectivity index (χ2v) is 6.00. The van der Waals surface area contributed by atoms with Gasteiger partial charge in [-0.25, -0.2) is 5.01 Å². The zero-order valence-corrected chi connectivity index (χ0v) is 13.7. The van der Waals surface area contributed by atoms with Gasteiger partial charge in [0.25, 0.3) is 5.69 Å². The highest BCUT2D eigenvalue weighted by Gasteiger charge is 2.43. The van der Waals surface area contributed by atoms with Gasteiger partial charge in [0, 0.05) is 35.4 Å². The molecule has 24 heavy (non-hydrogen) atoms. The van der Waals surface area contributed by atoms with E-state index in [4.69, 9.17) is 12.2 Å². The van der Waals surface area contributed by atoms with E-state index in [1.54, 1.807) is 0 Å². The molecule has 1 N–H and O–H groups in total. The van der Waals surface area contributed by atoms with Crippen LogP contribution in [0.4, 0.5) is 5.69 Å². The predicted octanol–water partition coefficient (Wildman–Crippen LogP) is 3.20. The standard InChI is InChI=1S/C17H15N3O3S/c1-12-11-17(21,14-7-9-15(10-8-14)20(22)23)19(18-12)16(24)13-5-3-2-4-6-13/h2-10,21H,11H2,1H3. The van der Waals surface area contributed by atoms with E-state index in [1.807, 2.05) is 37.3 Å². The van der Waals surface area contributed by atoms with Gasteiger partial charge in [0.1, 0.15) is 4.99 Å². The molecule has 6 nitrogen and oxygen atoms in total. The molecule has 0 saturated heterocycles. The summed E-state index contributed by atoms with van der Waals surface area (Å²) in [5, 5.41) is 27.8. The van der Waals surface area contributed by atoms with E-state index in [1.165, 1.54) is 29.3 Å². The first-order valence-corrected chi connectivity index (χ1v) is 7.73. The highest BCUT2D eigenvalue weighted by molar-refractivity contribution is 7.80. The van der Waals surface area contributed by atoms with Gasteiger partial charge < -0.3 is 5.11 Å². The van der Waals surface area contributed by atoms with Gasteiger partial charge in [-0.3, -0.25) is 10.1 Å². The predicted molar refractivity (Wildman–Crippen MR) is 94.7 cm³/mol. The number of benzene rings is 2. The zero-order chi connectivity index (χ0) is 17.3. The largest absolute Gasteiger partial charge is 0.365 e. The van der Waals surface area contributed by atoms with Crippen molar-refractivity contribution in [2.24, 2.45) is 5.10 Å². The molecule has 0 spiro atoms. The van der Waals surface area contributed by atoms with Crippen LogP contribution < -0.4 is 0 Å². The maximum Gasteiger partial charge on any atom is 0.269 e. The lowest BCUT2D eigenvalue weighted by Crippen LogP contribution is -2.43. The van der Waals surface area contributed by atoms with Gasteiger partial charge in [0.15, 0.2) is 5.72 Å². The number of nitro benzene ring substituents is 1. The van der Waals surface area contributed by atoms with Crippen LogP contribution >= 0.6 is 12.2 Å². The van der Waals surface area contributed by atoms with Crippen LogP contribution in [0.1, 0.15) is 24.5 Å². The average molecular weight is 341 g/mol. The molecular formula is C17H15N3O3S. The quantitative estimate of drug-likeness (QED) is 0.527. The van der Waals surface area contributed by atoms with Crippen molar-refractivity contribution < 1.29 is 10.0 Å². The molecule has 0 saturated carbocycles. The third kappa shape index (κ3) is 2.79. The Bertz CT molecular complexity index is 821. The number of hydrogen-bond acceptors (Lipinski definition) is 5. The minimum atomic E-state index is -1.45. The van der Waals surface area contributed by atoms with E-state index in [2.05, 4.69) is 5.10 Å². The van der Waals surface area contributed by atoms with Crippen molar-refractivity contribution in [2.75, 3.05) is 0 Å². The van der Waals surface area contributed by atoms with E-state index < -0.39 is 10.6 Å². The van der Waals surface area contributed by atoms with Crippen molar-refractivity contribution in [2.45, 2.75) is 19.1 Å². The molecule has 0 fully saturated rings. The normalized spacial score (nSPS) is 19.9. The van der Waals surface area contributed by atoms with Gasteiger partial charge in [-0.05, 0) is 19.1 Å². The van der Waals surface area contributed by atoms with Crippen LogP contribution in [0.2, 0.25) is 0 Å². The number of nitrogens with zero attached hydrogens (tertiary/aromatic N) is 3. The van der Waals surface area contributed by atoms with Crippen molar-refractivity contribution in [1.29, 1.82) is 0 Å². The minimum Gasteiger partial charge on any atom is -0.365 e. The summed E-state index contributed by atoms with van der Waals surface area (Å²) in [4.78, 5) is 10.7. The average Bonchev–Trinajstić information content (AvgIpc) is 2.91. The molecule has 1 unspecified atom stereocenters. The van der Waals surface area contributed by atoms with Crippen LogP contribution in [-0.2, 0) is 5.72 Å². The minimum absolute atomic E-state index is 0.0322. The summed E-state index contributed by atoms with van der Waals surface area (Å²) < 4.78 is 0. The molecule has 122 valence electrons. The van der Waals surface area contributed by atoms with Crippen molar-refractivity contribution in [3.63, 3.8) is 0 Å². The van der Waals surface area contributed by atoms with E-state index in [0.717, 1.165) is 11.3 Å². The van der Waals surface area contributed by atoms with Crippen molar-refractivity contribution in [3.8, 4) is 0 Å². The summed E-state index contributed by atoms with van der Waals surface area (Å²) in [6.45, 7) is 1.81. The number of thiocarbonyl (C=S) groups is 1.